The lowest BCUT2D eigenvalue weighted by Gasteiger charge is -2.05. The number of nitrogens with zero attached hydrogens (tertiary/aromatic N) is 4. The van der Waals surface area contributed by atoms with Gasteiger partial charge in [0, 0.05) is 18.8 Å². The molecule has 140 valence electrons. The highest BCUT2D eigenvalue weighted by Gasteiger charge is 2.08. The molecule has 1 aromatic carbocycles. The van der Waals surface area contributed by atoms with E-state index < -0.39 is 0 Å². The Morgan fingerprint density at radius 1 is 1.04 bits per heavy atom. The van der Waals surface area contributed by atoms with E-state index in [0.717, 1.165) is 34.7 Å². The molecule has 7 heteroatoms. The monoisotopic (exact) mass is 498 g/mol. The third kappa shape index (κ3) is 6.45. The van der Waals surface area contributed by atoms with Gasteiger partial charge in [-0.2, -0.15) is 0 Å². The quantitative estimate of drug-likeness (QED) is 0.413. The molecule has 3 rings (SSSR count). The molecule has 0 aliphatic heterocycles. The van der Waals surface area contributed by atoms with E-state index in [0.29, 0.717) is 6.54 Å². The second kappa shape index (κ2) is 12.1. The maximum Gasteiger partial charge on any atom is 0.223 e. The Morgan fingerprint density at radius 3 is 2.54 bits per heavy atom. The summed E-state index contributed by atoms with van der Waals surface area (Å²) in [5, 5.41) is 0. The van der Waals surface area contributed by atoms with Gasteiger partial charge in [0.2, 0.25) is 4.80 Å². The standard InChI is InChI=1S/C19H22N4S.2BrH/c1-2-3-5-12-18-22-19(21-15-16-9-8-13-20-14-16)24-23(18)17-10-6-4-7-11-17;;/h4,6-11,13-14H,2-3,5,12,15H2,1H3;2*1H. The maximum absolute atomic E-state index is 4.77. The molecule has 0 spiro atoms. The van der Waals surface area contributed by atoms with Crippen molar-refractivity contribution in [2.45, 2.75) is 39.2 Å². The van der Waals surface area contributed by atoms with Crippen LogP contribution in [0.25, 0.3) is 5.69 Å². The minimum absolute atomic E-state index is 0. The van der Waals surface area contributed by atoms with Gasteiger partial charge in [0.1, 0.15) is 5.82 Å². The lowest BCUT2D eigenvalue weighted by molar-refractivity contribution is 0.689. The summed E-state index contributed by atoms with van der Waals surface area (Å²) in [6.45, 7) is 2.84. The van der Waals surface area contributed by atoms with Crippen LogP contribution in [0.3, 0.4) is 0 Å². The van der Waals surface area contributed by atoms with Gasteiger partial charge in [-0.25, -0.2) is 8.94 Å². The van der Waals surface area contributed by atoms with Crippen LogP contribution in [0.2, 0.25) is 0 Å². The van der Waals surface area contributed by atoms with Crippen LogP contribution < -0.4 is 4.80 Å². The van der Waals surface area contributed by atoms with E-state index in [1.54, 1.807) is 17.7 Å². The summed E-state index contributed by atoms with van der Waals surface area (Å²) in [6.07, 6.45) is 8.23. The lowest BCUT2D eigenvalue weighted by atomic mass is 10.2. The van der Waals surface area contributed by atoms with E-state index in [1.807, 2.05) is 24.4 Å². The summed E-state index contributed by atoms with van der Waals surface area (Å²) < 4.78 is 2.21. The van der Waals surface area contributed by atoms with E-state index in [-0.39, 0.29) is 34.0 Å². The predicted molar refractivity (Wildman–Crippen MR) is 119 cm³/mol. The molecular weight excluding hydrogens is 476 g/mol. The van der Waals surface area contributed by atoms with E-state index in [4.69, 9.17) is 4.98 Å². The molecule has 2 aromatic heterocycles. The maximum atomic E-state index is 4.77. The first kappa shape index (κ1) is 22.7. The Bertz CT molecular complexity index is 816. The van der Waals surface area contributed by atoms with Crippen molar-refractivity contribution >= 4 is 45.5 Å². The van der Waals surface area contributed by atoms with Crippen molar-refractivity contribution in [2.75, 3.05) is 0 Å². The molecule has 26 heavy (non-hydrogen) atoms. The summed E-state index contributed by atoms with van der Waals surface area (Å²) in [6, 6.07) is 14.4. The number of hydrogen-bond donors (Lipinski definition) is 0. The van der Waals surface area contributed by atoms with Gasteiger partial charge in [-0.15, -0.1) is 34.0 Å². The lowest BCUT2D eigenvalue weighted by Crippen LogP contribution is -2.02. The number of aryl methyl sites for hydroxylation is 1. The number of rotatable bonds is 7. The van der Waals surface area contributed by atoms with E-state index in [9.17, 15) is 0 Å². The third-order valence-corrected chi connectivity index (χ3v) is 4.73. The molecule has 0 saturated carbocycles. The number of pyridine rings is 1. The van der Waals surface area contributed by atoms with Crippen LogP contribution in [0.4, 0.5) is 0 Å². The highest BCUT2D eigenvalue weighted by atomic mass is 79.9. The highest BCUT2D eigenvalue weighted by Crippen LogP contribution is 2.14. The van der Waals surface area contributed by atoms with Gasteiger partial charge in [-0.1, -0.05) is 44.0 Å². The number of aromatic nitrogens is 3. The zero-order valence-electron chi connectivity index (χ0n) is 14.7. The van der Waals surface area contributed by atoms with Gasteiger partial charge in [0.25, 0.3) is 0 Å². The molecule has 3 aromatic rings. The van der Waals surface area contributed by atoms with E-state index in [1.165, 1.54) is 12.8 Å². The second-order valence-corrected chi connectivity index (χ2v) is 6.58. The van der Waals surface area contributed by atoms with Crippen LogP contribution >= 0.6 is 45.5 Å². The number of unbranched alkanes of at least 4 members (excludes halogenated alkanes) is 2. The van der Waals surface area contributed by atoms with Crippen molar-refractivity contribution in [3.05, 3.63) is 71.0 Å². The van der Waals surface area contributed by atoms with Gasteiger partial charge in [0.05, 0.1) is 12.2 Å². The Balaban J connectivity index is 0.00000169. The molecule has 0 N–H and O–H groups in total. The molecule has 0 fully saturated rings. The van der Waals surface area contributed by atoms with Crippen LogP contribution in [0.5, 0.6) is 0 Å². The van der Waals surface area contributed by atoms with Crippen molar-refractivity contribution in [1.82, 2.24) is 13.9 Å². The third-order valence-electron chi connectivity index (χ3n) is 3.75. The second-order valence-electron chi connectivity index (χ2n) is 5.67. The molecule has 2 heterocycles. The molecule has 0 unspecified atom stereocenters. The molecule has 0 radical (unpaired) electrons. The normalized spacial score (nSPS) is 10.9. The minimum Gasteiger partial charge on any atom is -0.264 e. The highest BCUT2D eigenvalue weighted by molar-refractivity contribution is 8.93. The van der Waals surface area contributed by atoms with Crippen LogP contribution in [0, 0.1) is 0 Å². The van der Waals surface area contributed by atoms with Gasteiger partial charge < -0.3 is 0 Å². The van der Waals surface area contributed by atoms with E-state index >= 15 is 0 Å². The molecule has 0 saturated heterocycles. The summed E-state index contributed by atoms with van der Waals surface area (Å²) in [5.41, 5.74) is 2.26. The zero-order chi connectivity index (χ0) is 16.6. The van der Waals surface area contributed by atoms with Gasteiger partial charge in [-0.05, 0) is 41.7 Å². The summed E-state index contributed by atoms with van der Waals surface area (Å²) in [7, 11) is 0. The fourth-order valence-electron chi connectivity index (χ4n) is 2.48. The SMILES string of the molecule is Br.Br.CCCCCc1nc(=NCc2cccnc2)sn1-c1ccccc1. The molecule has 4 nitrogen and oxygen atoms in total. The van der Waals surface area contributed by atoms with Crippen LogP contribution in [-0.4, -0.2) is 13.9 Å². The Morgan fingerprint density at radius 2 is 1.85 bits per heavy atom. The van der Waals surface area contributed by atoms with Crippen LogP contribution in [0.15, 0.2) is 59.9 Å². The molecule has 0 atom stereocenters. The Hall–Kier alpha value is -1.31. The molecule has 0 aliphatic carbocycles. The van der Waals surface area contributed by atoms with Crippen molar-refractivity contribution in [3.8, 4) is 5.69 Å². The molecule has 0 bridgehead atoms. The zero-order valence-corrected chi connectivity index (χ0v) is 19.0. The van der Waals surface area contributed by atoms with Gasteiger partial charge >= 0.3 is 0 Å². The summed E-state index contributed by atoms with van der Waals surface area (Å²) >= 11 is 1.61. The summed E-state index contributed by atoms with van der Waals surface area (Å²) in [5.74, 6) is 1.10. The Labute approximate surface area is 179 Å². The smallest absolute Gasteiger partial charge is 0.223 e. The molecule has 0 amide bonds. The first-order valence-corrected chi connectivity index (χ1v) is 9.18. The topological polar surface area (TPSA) is 43.1 Å². The van der Waals surface area contributed by atoms with Crippen molar-refractivity contribution in [2.24, 2.45) is 4.99 Å². The molecular formula is C19H24Br2N4S. The van der Waals surface area contributed by atoms with Gasteiger partial charge in [-0.3, -0.25) is 9.98 Å². The number of halogens is 2. The average Bonchev–Trinajstić information content (AvgIpc) is 3.05. The minimum atomic E-state index is 0. The largest absolute Gasteiger partial charge is 0.264 e. The predicted octanol–water partition coefficient (Wildman–Crippen LogP) is 5.32. The fraction of sp³-hybridized carbons (Fsp3) is 0.316. The first-order chi connectivity index (χ1) is 11.9. The molecule has 0 aliphatic rings. The van der Waals surface area contributed by atoms with Crippen molar-refractivity contribution < 1.29 is 0 Å². The van der Waals surface area contributed by atoms with Gasteiger partial charge in [0.15, 0.2) is 0 Å². The van der Waals surface area contributed by atoms with E-state index in [2.05, 4.69) is 45.1 Å². The van der Waals surface area contributed by atoms with Crippen LogP contribution in [0.1, 0.15) is 37.6 Å². The number of para-hydroxylation sites is 1. The first-order valence-electron chi connectivity index (χ1n) is 8.41. The van der Waals surface area contributed by atoms with Crippen molar-refractivity contribution in [1.29, 1.82) is 0 Å². The average molecular weight is 500 g/mol. The number of hydrogen-bond acceptors (Lipinski definition) is 4. The van der Waals surface area contributed by atoms with Crippen molar-refractivity contribution in [3.63, 3.8) is 0 Å². The Kier molecular flexibility index (Phi) is 10.6. The number of benzene rings is 1. The van der Waals surface area contributed by atoms with Crippen LogP contribution in [-0.2, 0) is 13.0 Å². The summed E-state index contributed by atoms with van der Waals surface area (Å²) in [4.78, 5) is 14.4. The fourth-order valence-corrected chi connectivity index (χ4v) is 3.38.